The van der Waals surface area contributed by atoms with E-state index in [1.54, 1.807) is 12.1 Å². The van der Waals surface area contributed by atoms with Gasteiger partial charge in [-0.1, -0.05) is 12.1 Å². The third kappa shape index (κ3) is 4.88. The second-order valence-electron chi connectivity index (χ2n) is 5.76. The summed E-state index contributed by atoms with van der Waals surface area (Å²) >= 11 is 0. The number of amides is 1. The van der Waals surface area contributed by atoms with Gasteiger partial charge >= 0.3 is 0 Å². The number of benzene rings is 2. The number of hydrogen-bond acceptors (Lipinski definition) is 5. The van der Waals surface area contributed by atoms with Crippen LogP contribution in [0.4, 0.5) is 10.1 Å². The van der Waals surface area contributed by atoms with E-state index in [0.717, 1.165) is 10.6 Å². The Morgan fingerprint density at radius 1 is 1.11 bits per heavy atom. The molecule has 0 spiro atoms. The first-order valence-corrected chi connectivity index (χ1v) is 9.74. The summed E-state index contributed by atoms with van der Waals surface area (Å²) in [6.45, 7) is 0.148. The molecule has 146 valence electrons. The monoisotopic (exact) mass is 396 g/mol. The van der Waals surface area contributed by atoms with Crippen LogP contribution >= 0.6 is 0 Å². The molecule has 0 radical (unpaired) electrons. The van der Waals surface area contributed by atoms with Crippen molar-refractivity contribution in [2.45, 2.75) is 6.54 Å². The van der Waals surface area contributed by atoms with Crippen LogP contribution in [0.1, 0.15) is 15.9 Å². The summed E-state index contributed by atoms with van der Waals surface area (Å²) < 4.78 is 48.3. The molecule has 0 aliphatic carbocycles. The molecule has 0 atom stereocenters. The van der Waals surface area contributed by atoms with E-state index in [2.05, 4.69) is 5.32 Å². The first kappa shape index (κ1) is 20.5. The third-order valence-electron chi connectivity index (χ3n) is 3.95. The lowest BCUT2D eigenvalue weighted by Crippen LogP contribution is -2.30. The molecule has 7 nitrogen and oxygen atoms in total. The van der Waals surface area contributed by atoms with Crippen LogP contribution in [0.15, 0.2) is 36.4 Å². The standard InChI is InChI=1S/C18H21FN2O5S/c1-21(27(4,23)24)15-10-17(26-3)16(25-2)9-14(15)18(22)20-11-12-5-7-13(19)8-6-12/h5-10H,11H2,1-4H3,(H,20,22). The molecule has 9 heteroatoms. The fraction of sp³-hybridized carbons (Fsp3) is 0.278. The van der Waals surface area contributed by atoms with E-state index in [4.69, 9.17) is 9.47 Å². The molecule has 2 rings (SSSR count). The summed E-state index contributed by atoms with van der Waals surface area (Å²) in [5.74, 6) is -0.305. The van der Waals surface area contributed by atoms with E-state index >= 15 is 0 Å². The van der Waals surface area contributed by atoms with Crippen LogP contribution in [0.5, 0.6) is 11.5 Å². The third-order valence-corrected chi connectivity index (χ3v) is 5.14. The second kappa shape index (κ2) is 8.26. The Labute approximate surface area is 157 Å². The second-order valence-corrected chi connectivity index (χ2v) is 7.78. The van der Waals surface area contributed by atoms with Gasteiger partial charge in [-0.2, -0.15) is 0 Å². The highest BCUT2D eigenvalue weighted by Crippen LogP contribution is 2.35. The van der Waals surface area contributed by atoms with Crippen molar-refractivity contribution in [2.24, 2.45) is 0 Å². The van der Waals surface area contributed by atoms with Gasteiger partial charge in [0.1, 0.15) is 5.82 Å². The van der Waals surface area contributed by atoms with Crippen molar-refractivity contribution < 1.29 is 27.1 Å². The maximum atomic E-state index is 13.0. The minimum atomic E-state index is -3.61. The highest BCUT2D eigenvalue weighted by molar-refractivity contribution is 7.92. The predicted octanol–water partition coefficient (Wildman–Crippen LogP) is 2.17. The molecule has 0 saturated heterocycles. The lowest BCUT2D eigenvalue weighted by Gasteiger charge is -2.22. The average Bonchev–Trinajstić information content (AvgIpc) is 2.64. The number of hydrogen-bond donors (Lipinski definition) is 1. The number of carbonyl (C=O) groups excluding carboxylic acids is 1. The normalized spacial score (nSPS) is 11.0. The van der Waals surface area contributed by atoms with E-state index in [-0.39, 0.29) is 35.1 Å². The minimum absolute atomic E-state index is 0.0997. The van der Waals surface area contributed by atoms with Crippen LogP contribution in [0.2, 0.25) is 0 Å². The number of rotatable bonds is 7. The van der Waals surface area contributed by atoms with Gasteiger partial charge in [0.25, 0.3) is 5.91 Å². The molecule has 0 saturated carbocycles. The van der Waals surface area contributed by atoms with Gasteiger partial charge in [-0.3, -0.25) is 9.10 Å². The molecular formula is C18H21FN2O5S. The molecule has 0 fully saturated rings. The first-order valence-electron chi connectivity index (χ1n) is 7.90. The molecule has 1 amide bonds. The number of halogens is 1. The highest BCUT2D eigenvalue weighted by Gasteiger charge is 2.23. The molecule has 27 heavy (non-hydrogen) atoms. The molecule has 0 bridgehead atoms. The number of sulfonamides is 1. The quantitative estimate of drug-likeness (QED) is 0.775. The SMILES string of the molecule is COc1cc(C(=O)NCc2ccc(F)cc2)c(N(C)S(C)(=O)=O)cc1OC. The molecule has 1 N–H and O–H groups in total. The van der Waals surface area contributed by atoms with Crippen LogP contribution in [0, 0.1) is 5.82 Å². The molecule has 0 aromatic heterocycles. The molecule has 0 aliphatic heterocycles. The Balaban J connectivity index is 2.39. The molecule has 0 heterocycles. The number of anilines is 1. The highest BCUT2D eigenvalue weighted by atomic mass is 32.2. The number of nitrogens with zero attached hydrogens (tertiary/aromatic N) is 1. The van der Waals surface area contributed by atoms with Crippen LogP contribution in [-0.4, -0.2) is 41.8 Å². The molecule has 2 aromatic rings. The minimum Gasteiger partial charge on any atom is -0.493 e. The van der Waals surface area contributed by atoms with Gasteiger partial charge in [-0.25, -0.2) is 12.8 Å². The maximum Gasteiger partial charge on any atom is 0.253 e. The molecule has 0 aliphatic rings. The van der Waals surface area contributed by atoms with E-state index in [1.807, 2.05) is 0 Å². The van der Waals surface area contributed by atoms with Gasteiger partial charge in [0, 0.05) is 19.7 Å². The first-order chi connectivity index (χ1) is 12.7. The summed E-state index contributed by atoms with van der Waals surface area (Å²) in [6, 6.07) is 8.52. The predicted molar refractivity (Wildman–Crippen MR) is 100 cm³/mol. The van der Waals surface area contributed by atoms with Crippen molar-refractivity contribution in [3.63, 3.8) is 0 Å². The Hall–Kier alpha value is -2.81. The summed E-state index contributed by atoms with van der Waals surface area (Å²) in [6.07, 6.45) is 1.03. The summed E-state index contributed by atoms with van der Waals surface area (Å²) in [5.41, 5.74) is 0.942. The zero-order valence-corrected chi connectivity index (χ0v) is 16.3. The van der Waals surface area contributed by atoms with E-state index in [9.17, 15) is 17.6 Å². The van der Waals surface area contributed by atoms with Crippen LogP contribution in [0.3, 0.4) is 0 Å². The van der Waals surface area contributed by atoms with E-state index in [1.165, 1.54) is 45.5 Å². The van der Waals surface area contributed by atoms with Gasteiger partial charge in [0.05, 0.1) is 31.7 Å². The summed E-state index contributed by atoms with van der Waals surface area (Å²) in [4.78, 5) is 12.7. The van der Waals surface area contributed by atoms with Crippen molar-refractivity contribution >= 4 is 21.6 Å². The molecule has 0 unspecified atom stereocenters. The van der Waals surface area contributed by atoms with Gasteiger partial charge < -0.3 is 14.8 Å². The average molecular weight is 396 g/mol. The number of methoxy groups -OCH3 is 2. The zero-order chi connectivity index (χ0) is 20.2. The summed E-state index contributed by atoms with van der Waals surface area (Å²) in [5, 5.41) is 2.69. The van der Waals surface area contributed by atoms with Crippen molar-refractivity contribution in [2.75, 3.05) is 31.8 Å². The number of carbonyl (C=O) groups is 1. The van der Waals surface area contributed by atoms with E-state index in [0.29, 0.717) is 5.56 Å². The van der Waals surface area contributed by atoms with Gasteiger partial charge in [0.15, 0.2) is 11.5 Å². The largest absolute Gasteiger partial charge is 0.493 e. The van der Waals surface area contributed by atoms with Gasteiger partial charge in [0.2, 0.25) is 10.0 Å². The molecular weight excluding hydrogens is 375 g/mol. The zero-order valence-electron chi connectivity index (χ0n) is 15.4. The Kier molecular flexibility index (Phi) is 6.27. The number of nitrogens with one attached hydrogen (secondary N) is 1. The van der Waals surface area contributed by atoms with E-state index < -0.39 is 15.9 Å². The molecule has 2 aromatic carbocycles. The lowest BCUT2D eigenvalue weighted by atomic mass is 10.1. The van der Waals surface area contributed by atoms with Crippen LogP contribution in [-0.2, 0) is 16.6 Å². The topological polar surface area (TPSA) is 84.9 Å². The summed E-state index contributed by atoms with van der Waals surface area (Å²) in [7, 11) is 0.555. The van der Waals surface area contributed by atoms with Crippen molar-refractivity contribution in [3.05, 3.63) is 53.3 Å². The number of ether oxygens (including phenoxy) is 2. The Morgan fingerprint density at radius 3 is 2.19 bits per heavy atom. The van der Waals surface area contributed by atoms with Crippen molar-refractivity contribution in [3.8, 4) is 11.5 Å². The van der Waals surface area contributed by atoms with Crippen molar-refractivity contribution in [1.29, 1.82) is 0 Å². The van der Waals surface area contributed by atoms with Crippen molar-refractivity contribution in [1.82, 2.24) is 5.32 Å². The van der Waals surface area contributed by atoms with Gasteiger partial charge in [-0.05, 0) is 23.8 Å². The Morgan fingerprint density at radius 2 is 1.67 bits per heavy atom. The smallest absolute Gasteiger partial charge is 0.253 e. The van der Waals surface area contributed by atoms with Crippen LogP contribution < -0.4 is 19.1 Å². The maximum absolute atomic E-state index is 13.0. The Bertz CT molecular complexity index is 930. The van der Waals surface area contributed by atoms with Gasteiger partial charge in [-0.15, -0.1) is 0 Å². The van der Waals surface area contributed by atoms with Crippen LogP contribution in [0.25, 0.3) is 0 Å². The lowest BCUT2D eigenvalue weighted by molar-refractivity contribution is 0.0951. The fourth-order valence-electron chi connectivity index (χ4n) is 2.37. The fourth-order valence-corrected chi connectivity index (χ4v) is 2.88.